The molecule has 35 heavy (non-hydrogen) atoms. The van der Waals surface area contributed by atoms with Crippen LogP contribution in [0.3, 0.4) is 0 Å². The zero-order chi connectivity index (χ0) is 25.3. The van der Waals surface area contributed by atoms with E-state index in [1.54, 1.807) is 30.3 Å². The van der Waals surface area contributed by atoms with E-state index in [-0.39, 0.29) is 27.9 Å². The second-order valence-corrected chi connectivity index (χ2v) is 10.3. The molecule has 0 aliphatic carbocycles. The van der Waals surface area contributed by atoms with Crippen molar-refractivity contribution in [1.82, 2.24) is 5.32 Å². The van der Waals surface area contributed by atoms with E-state index in [4.69, 9.17) is 39.5 Å². The van der Waals surface area contributed by atoms with Gasteiger partial charge >= 0.3 is 6.03 Å². The lowest BCUT2D eigenvalue weighted by Gasteiger charge is -2.26. The molecule has 0 unspecified atom stereocenters. The van der Waals surface area contributed by atoms with Crippen molar-refractivity contribution in [3.8, 4) is 5.75 Å². The fourth-order valence-corrected chi connectivity index (χ4v) is 5.17. The summed E-state index contributed by atoms with van der Waals surface area (Å²) in [6.45, 7) is 0.186. The summed E-state index contributed by atoms with van der Waals surface area (Å²) in [6.07, 6.45) is 1.36. The number of hydrogen-bond donors (Lipinski definition) is 1. The van der Waals surface area contributed by atoms with Gasteiger partial charge in [0.2, 0.25) is 0 Å². The van der Waals surface area contributed by atoms with Crippen LogP contribution in [0.4, 0.5) is 10.5 Å². The van der Waals surface area contributed by atoms with E-state index < -0.39 is 17.8 Å². The SMILES string of the molecule is O=C1NC(=O)N(c2ccc(Cl)c(Cl)c2)C(=O)/C1=C/c1cc(Br)cc(Br)c1OCc1cccc(Cl)c1. The average Bonchev–Trinajstić information content (AvgIpc) is 2.78. The van der Waals surface area contributed by atoms with Gasteiger partial charge in [0.1, 0.15) is 17.9 Å². The van der Waals surface area contributed by atoms with Crippen LogP contribution in [0, 0.1) is 0 Å². The normalized spacial score (nSPS) is 14.9. The third-order valence-electron chi connectivity index (χ3n) is 4.87. The van der Waals surface area contributed by atoms with Crippen LogP contribution >= 0.6 is 66.7 Å². The van der Waals surface area contributed by atoms with Gasteiger partial charge in [0.05, 0.1) is 20.2 Å². The highest BCUT2D eigenvalue weighted by Gasteiger charge is 2.37. The van der Waals surface area contributed by atoms with Gasteiger partial charge in [0.25, 0.3) is 11.8 Å². The molecule has 1 aliphatic rings. The topological polar surface area (TPSA) is 75.7 Å². The van der Waals surface area contributed by atoms with Gasteiger partial charge in [-0.2, -0.15) is 0 Å². The zero-order valence-electron chi connectivity index (χ0n) is 17.5. The van der Waals surface area contributed by atoms with Gasteiger partial charge in [-0.1, -0.05) is 62.9 Å². The minimum absolute atomic E-state index is 0.153. The Labute approximate surface area is 232 Å². The molecule has 4 rings (SSSR count). The molecule has 1 aliphatic heterocycles. The van der Waals surface area contributed by atoms with Crippen molar-refractivity contribution in [2.24, 2.45) is 0 Å². The molecule has 3 aromatic carbocycles. The minimum Gasteiger partial charge on any atom is -0.487 e. The van der Waals surface area contributed by atoms with Crippen LogP contribution in [-0.2, 0) is 16.2 Å². The summed E-state index contributed by atoms with van der Waals surface area (Å²) in [6, 6.07) is 14.0. The molecular weight excluding hydrogens is 646 g/mol. The smallest absolute Gasteiger partial charge is 0.335 e. The van der Waals surface area contributed by atoms with E-state index in [0.717, 1.165) is 10.5 Å². The summed E-state index contributed by atoms with van der Waals surface area (Å²) in [5.41, 5.74) is 1.14. The van der Waals surface area contributed by atoms with Crippen molar-refractivity contribution < 1.29 is 19.1 Å². The van der Waals surface area contributed by atoms with Crippen molar-refractivity contribution in [1.29, 1.82) is 0 Å². The molecule has 0 aromatic heterocycles. The number of rotatable bonds is 5. The van der Waals surface area contributed by atoms with E-state index >= 15 is 0 Å². The second-order valence-electron chi connectivity index (χ2n) is 7.28. The lowest BCUT2D eigenvalue weighted by molar-refractivity contribution is -0.122. The fraction of sp³-hybridized carbons (Fsp3) is 0.0417. The van der Waals surface area contributed by atoms with Gasteiger partial charge in [-0.25, -0.2) is 9.69 Å². The molecule has 0 saturated carbocycles. The maximum atomic E-state index is 13.3. The van der Waals surface area contributed by atoms with Crippen molar-refractivity contribution in [3.63, 3.8) is 0 Å². The maximum absolute atomic E-state index is 13.3. The Morgan fingerprint density at radius 1 is 0.943 bits per heavy atom. The fourth-order valence-electron chi connectivity index (χ4n) is 3.29. The van der Waals surface area contributed by atoms with E-state index in [9.17, 15) is 14.4 Å². The molecule has 1 saturated heterocycles. The predicted octanol–water partition coefficient (Wildman–Crippen LogP) is 7.42. The van der Waals surface area contributed by atoms with Gasteiger partial charge in [-0.3, -0.25) is 14.9 Å². The summed E-state index contributed by atoms with van der Waals surface area (Å²) in [5.74, 6) is -1.28. The Morgan fingerprint density at radius 2 is 1.71 bits per heavy atom. The summed E-state index contributed by atoms with van der Waals surface area (Å²) < 4.78 is 7.27. The summed E-state index contributed by atoms with van der Waals surface area (Å²) in [4.78, 5) is 39.2. The number of carbonyl (C=O) groups excluding carboxylic acids is 3. The Hall–Kier alpha value is -2.36. The molecule has 1 heterocycles. The van der Waals surface area contributed by atoms with Gasteiger partial charge < -0.3 is 4.74 Å². The largest absolute Gasteiger partial charge is 0.487 e. The number of urea groups is 1. The molecule has 4 amide bonds. The third kappa shape index (κ3) is 5.73. The molecule has 0 radical (unpaired) electrons. The number of hydrogen-bond acceptors (Lipinski definition) is 4. The van der Waals surface area contributed by atoms with E-state index in [2.05, 4.69) is 37.2 Å². The third-order valence-corrected chi connectivity index (χ3v) is 6.89. The molecule has 1 N–H and O–H groups in total. The lowest BCUT2D eigenvalue weighted by atomic mass is 10.1. The Balaban J connectivity index is 1.72. The van der Waals surface area contributed by atoms with E-state index in [1.165, 1.54) is 24.3 Å². The van der Waals surface area contributed by atoms with Crippen LogP contribution in [0.2, 0.25) is 15.1 Å². The van der Waals surface area contributed by atoms with Crippen molar-refractivity contribution in [2.45, 2.75) is 6.61 Å². The van der Waals surface area contributed by atoms with E-state index in [0.29, 0.717) is 25.3 Å². The van der Waals surface area contributed by atoms with Gasteiger partial charge in [0, 0.05) is 15.1 Å². The number of carbonyl (C=O) groups is 3. The van der Waals surface area contributed by atoms with Crippen LogP contribution in [0.15, 0.2) is 69.1 Å². The van der Waals surface area contributed by atoms with Crippen LogP contribution < -0.4 is 15.0 Å². The highest BCUT2D eigenvalue weighted by Crippen LogP contribution is 2.36. The molecule has 11 heteroatoms. The molecule has 0 spiro atoms. The summed E-state index contributed by atoms with van der Waals surface area (Å²) >= 11 is 24.9. The van der Waals surface area contributed by atoms with Crippen molar-refractivity contribution >= 4 is 96.3 Å². The highest BCUT2D eigenvalue weighted by molar-refractivity contribution is 9.11. The standard InChI is InChI=1S/C24H13Br2Cl3N2O4/c25-14-7-13(21(18(26)9-14)35-11-12-2-1-3-15(27)6-12)8-17-22(32)30-24(34)31(23(17)33)16-4-5-19(28)20(29)10-16/h1-10H,11H2,(H,30,32,34)/b17-8+. The first-order chi connectivity index (χ1) is 16.6. The monoisotopic (exact) mass is 656 g/mol. The number of barbiturate groups is 1. The number of nitrogens with one attached hydrogen (secondary N) is 1. The molecule has 3 aromatic rings. The van der Waals surface area contributed by atoms with Gasteiger partial charge in [-0.15, -0.1) is 0 Å². The number of ether oxygens (including phenoxy) is 1. The number of halogens is 5. The van der Waals surface area contributed by atoms with Crippen LogP contribution in [0.25, 0.3) is 6.08 Å². The van der Waals surface area contributed by atoms with Crippen LogP contribution in [0.1, 0.15) is 11.1 Å². The minimum atomic E-state index is -0.900. The van der Waals surface area contributed by atoms with Crippen LogP contribution in [-0.4, -0.2) is 17.8 Å². The van der Waals surface area contributed by atoms with Crippen molar-refractivity contribution in [2.75, 3.05) is 4.90 Å². The second kappa shape index (κ2) is 10.7. The number of benzene rings is 3. The molecule has 0 bridgehead atoms. The highest BCUT2D eigenvalue weighted by atomic mass is 79.9. The number of nitrogens with zero attached hydrogens (tertiary/aromatic N) is 1. The van der Waals surface area contributed by atoms with Crippen LogP contribution in [0.5, 0.6) is 5.75 Å². The first-order valence-electron chi connectivity index (χ1n) is 9.87. The number of amides is 4. The van der Waals surface area contributed by atoms with Crippen molar-refractivity contribution in [3.05, 3.63) is 95.3 Å². The maximum Gasteiger partial charge on any atom is 0.335 e. The molecule has 0 atom stereocenters. The first-order valence-corrected chi connectivity index (χ1v) is 12.6. The molecule has 178 valence electrons. The number of imide groups is 2. The predicted molar refractivity (Wildman–Crippen MR) is 143 cm³/mol. The average molecular weight is 660 g/mol. The summed E-state index contributed by atoms with van der Waals surface area (Å²) in [7, 11) is 0. The Bertz CT molecular complexity index is 1410. The van der Waals surface area contributed by atoms with Gasteiger partial charge in [-0.05, 0) is 70.0 Å². The Kier molecular flexibility index (Phi) is 7.88. The number of anilines is 1. The molecular formula is C24H13Br2Cl3N2O4. The lowest BCUT2D eigenvalue weighted by Crippen LogP contribution is -2.54. The Morgan fingerprint density at radius 3 is 2.43 bits per heavy atom. The first kappa shape index (κ1) is 25.7. The molecule has 1 fully saturated rings. The zero-order valence-corrected chi connectivity index (χ0v) is 22.9. The molecule has 6 nitrogen and oxygen atoms in total. The van der Waals surface area contributed by atoms with E-state index in [1.807, 2.05) is 6.07 Å². The quantitative estimate of drug-likeness (QED) is 0.229. The van der Waals surface area contributed by atoms with Gasteiger partial charge in [0.15, 0.2) is 0 Å². The summed E-state index contributed by atoms with van der Waals surface area (Å²) in [5, 5.41) is 3.16.